The number of benzene rings is 2. The van der Waals surface area contributed by atoms with Crippen LogP contribution in [-0.2, 0) is 0 Å². The van der Waals surface area contributed by atoms with Gasteiger partial charge in [0.05, 0.1) is 0 Å². The molecule has 0 fully saturated rings. The fraction of sp³-hybridized carbons (Fsp3) is 0.0667. The molecule has 0 N–H and O–H groups in total. The zero-order chi connectivity index (χ0) is 11.2. The first kappa shape index (κ1) is 10.9. The molecule has 3 aromatic rings. The zero-order valence-corrected chi connectivity index (χ0v) is 10.1. The van der Waals surface area contributed by atoms with E-state index in [0.29, 0.717) is 0 Å². The molecule has 3 rings (SSSR count). The molecule has 1 heteroatoms. The van der Waals surface area contributed by atoms with E-state index in [9.17, 15) is 0 Å². The van der Waals surface area contributed by atoms with Gasteiger partial charge < -0.3 is 0 Å². The van der Waals surface area contributed by atoms with E-state index < -0.39 is 0 Å². The molecule has 2 aromatic carbocycles. The molecular formula is C15H14S. The van der Waals surface area contributed by atoms with Crippen molar-refractivity contribution in [3.63, 3.8) is 0 Å². The third kappa shape index (κ3) is 2.71. The Labute approximate surface area is 100 Å². The first-order valence-electron chi connectivity index (χ1n) is 5.29. The van der Waals surface area contributed by atoms with Gasteiger partial charge >= 0.3 is 0 Å². The number of hydrogen-bond acceptors (Lipinski definition) is 1. The lowest BCUT2D eigenvalue weighted by molar-refractivity contribution is 1.53. The smallest absolute Gasteiger partial charge is 0.00934 e. The molecule has 0 saturated heterocycles. The summed E-state index contributed by atoms with van der Waals surface area (Å²) in [6.45, 7) is 2.14. The second-order valence-electron chi connectivity index (χ2n) is 3.59. The number of fused-ring (bicyclic) bond motifs is 1. The topological polar surface area (TPSA) is 0 Å². The van der Waals surface area contributed by atoms with E-state index >= 15 is 0 Å². The van der Waals surface area contributed by atoms with Crippen molar-refractivity contribution in [1.82, 2.24) is 0 Å². The predicted octanol–water partition coefficient (Wildman–Crippen LogP) is 4.90. The van der Waals surface area contributed by atoms with Crippen LogP contribution in [0.2, 0.25) is 0 Å². The minimum absolute atomic E-state index is 1.33. The van der Waals surface area contributed by atoms with Crippen LogP contribution >= 0.6 is 11.3 Å². The third-order valence-corrected chi connectivity index (χ3v) is 3.06. The number of hydrogen-bond donors (Lipinski definition) is 0. The summed E-state index contributed by atoms with van der Waals surface area (Å²) in [6, 6.07) is 18.9. The van der Waals surface area contributed by atoms with Crippen LogP contribution < -0.4 is 0 Å². The van der Waals surface area contributed by atoms with Crippen molar-refractivity contribution in [3.05, 3.63) is 70.9 Å². The van der Waals surface area contributed by atoms with E-state index in [-0.39, 0.29) is 0 Å². The van der Waals surface area contributed by atoms with E-state index in [1.807, 2.05) is 22.9 Å². The van der Waals surface area contributed by atoms with Gasteiger partial charge in [-0.1, -0.05) is 54.6 Å². The van der Waals surface area contributed by atoms with Crippen LogP contribution in [-0.4, -0.2) is 0 Å². The largest absolute Gasteiger partial charge is 0.152 e. The SMILES string of the molecule is Cc1cccc2ccccc12.c1ccsc1. The maximum atomic E-state index is 2.16. The minimum atomic E-state index is 1.33. The van der Waals surface area contributed by atoms with Crippen molar-refractivity contribution in [2.24, 2.45) is 0 Å². The lowest BCUT2D eigenvalue weighted by Gasteiger charge is -1.98. The first-order valence-corrected chi connectivity index (χ1v) is 6.24. The van der Waals surface area contributed by atoms with Gasteiger partial charge in [-0.15, -0.1) is 0 Å². The summed E-state index contributed by atoms with van der Waals surface area (Å²) in [7, 11) is 0. The van der Waals surface area contributed by atoms with Gasteiger partial charge in [-0.2, -0.15) is 11.3 Å². The van der Waals surface area contributed by atoms with Crippen LogP contribution in [0.4, 0.5) is 0 Å². The Morgan fingerprint density at radius 1 is 0.750 bits per heavy atom. The normalized spacial score (nSPS) is 9.56. The molecule has 0 radical (unpaired) electrons. The summed E-state index contributed by atoms with van der Waals surface area (Å²) in [4.78, 5) is 0. The van der Waals surface area contributed by atoms with E-state index in [4.69, 9.17) is 0 Å². The van der Waals surface area contributed by atoms with Crippen molar-refractivity contribution < 1.29 is 0 Å². The molecule has 0 aliphatic heterocycles. The Bertz CT molecular complexity index is 516. The third-order valence-electron chi connectivity index (χ3n) is 2.43. The van der Waals surface area contributed by atoms with Gasteiger partial charge in [0, 0.05) is 0 Å². The van der Waals surface area contributed by atoms with Crippen molar-refractivity contribution in [3.8, 4) is 0 Å². The maximum Gasteiger partial charge on any atom is -0.00934 e. The fourth-order valence-electron chi connectivity index (χ4n) is 1.61. The van der Waals surface area contributed by atoms with Gasteiger partial charge in [0.2, 0.25) is 0 Å². The summed E-state index contributed by atoms with van der Waals surface area (Å²) < 4.78 is 0. The average molecular weight is 226 g/mol. The van der Waals surface area contributed by atoms with E-state index in [1.54, 1.807) is 11.3 Å². The maximum absolute atomic E-state index is 2.16. The second-order valence-corrected chi connectivity index (χ2v) is 4.41. The molecule has 0 amide bonds. The number of aryl methyl sites for hydroxylation is 1. The Kier molecular flexibility index (Phi) is 3.73. The van der Waals surface area contributed by atoms with Gasteiger partial charge in [0.1, 0.15) is 0 Å². The van der Waals surface area contributed by atoms with E-state index in [1.165, 1.54) is 16.3 Å². The summed E-state index contributed by atoms with van der Waals surface area (Å²) in [5, 5.41) is 6.77. The molecule has 16 heavy (non-hydrogen) atoms. The zero-order valence-electron chi connectivity index (χ0n) is 9.26. The van der Waals surface area contributed by atoms with Gasteiger partial charge in [0.15, 0.2) is 0 Å². The van der Waals surface area contributed by atoms with Gasteiger partial charge in [-0.25, -0.2) is 0 Å². The van der Waals surface area contributed by atoms with Crippen molar-refractivity contribution in [2.75, 3.05) is 0 Å². The standard InChI is InChI=1S/C11H10.C4H4S/c1-9-5-4-7-10-6-2-3-8-11(9)10;1-2-4-5-3-1/h2-8H,1H3;1-4H. The summed E-state index contributed by atoms with van der Waals surface area (Å²) in [5.41, 5.74) is 1.35. The molecule has 1 aromatic heterocycles. The molecule has 0 aliphatic rings. The lowest BCUT2D eigenvalue weighted by atomic mass is 10.1. The van der Waals surface area contributed by atoms with Crippen LogP contribution in [0.3, 0.4) is 0 Å². The van der Waals surface area contributed by atoms with Gasteiger partial charge in [-0.3, -0.25) is 0 Å². The molecule has 0 saturated carbocycles. The van der Waals surface area contributed by atoms with Crippen LogP contribution in [0.15, 0.2) is 65.4 Å². The highest BCUT2D eigenvalue weighted by atomic mass is 32.1. The van der Waals surface area contributed by atoms with Crippen LogP contribution in [0.1, 0.15) is 5.56 Å². The monoisotopic (exact) mass is 226 g/mol. The lowest BCUT2D eigenvalue weighted by Crippen LogP contribution is -1.75. The van der Waals surface area contributed by atoms with Crippen molar-refractivity contribution in [1.29, 1.82) is 0 Å². The molecule has 0 nitrogen and oxygen atoms in total. The first-order chi connectivity index (χ1) is 7.88. The molecule has 0 aliphatic carbocycles. The fourth-order valence-corrected chi connectivity index (χ4v) is 2.07. The van der Waals surface area contributed by atoms with Crippen LogP contribution in [0.25, 0.3) is 10.8 Å². The highest BCUT2D eigenvalue weighted by Gasteiger charge is 1.92. The Morgan fingerprint density at radius 3 is 2.06 bits per heavy atom. The average Bonchev–Trinajstić information content (AvgIpc) is 2.88. The number of thiophene rings is 1. The molecule has 0 atom stereocenters. The second kappa shape index (κ2) is 5.47. The van der Waals surface area contributed by atoms with Crippen LogP contribution in [0, 0.1) is 6.92 Å². The summed E-state index contributed by atoms with van der Waals surface area (Å²) in [6.07, 6.45) is 0. The highest BCUT2D eigenvalue weighted by molar-refractivity contribution is 7.07. The highest BCUT2D eigenvalue weighted by Crippen LogP contribution is 2.16. The van der Waals surface area contributed by atoms with Gasteiger partial charge in [0.25, 0.3) is 0 Å². The summed E-state index contributed by atoms with van der Waals surface area (Å²) in [5.74, 6) is 0. The Balaban J connectivity index is 0.000000162. The molecule has 0 unspecified atom stereocenters. The van der Waals surface area contributed by atoms with E-state index in [2.05, 4.69) is 49.4 Å². The molecule has 0 bridgehead atoms. The Hall–Kier alpha value is -1.60. The molecule has 80 valence electrons. The van der Waals surface area contributed by atoms with Gasteiger partial charge in [-0.05, 0) is 34.0 Å². The number of rotatable bonds is 0. The molecular weight excluding hydrogens is 212 g/mol. The van der Waals surface area contributed by atoms with Crippen LogP contribution in [0.5, 0.6) is 0 Å². The molecule has 1 heterocycles. The summed E-state index contributed by atoms with van der Waals surface area (Å²) >= 11 is 1.71. The minimum Gasteiger partial charge on any atom is -0.152 e. The van der Waals surface area contributed by atoms with Crippen molar-refractivity contribution in [2.45, 2.75) is 6.92 Å². The van der Waals surface area contributed by atoms with E-state index in [0.717, 1.165) is 0 Å². The Morgan fingerprint density at radius 2 is 1.44 bits per heavy atom. The molecule has 0 spiro atoms. The predicted molar refractivity (Wildman–Crippen MR) is 73.0 cm³/mol. The quantitative estimate of drug-likeness (QED) is 0.511. The van der Waals surface area contributed by atoms with Crippen molar-refractivity contribution >= 4 is 22.1 Å².